The molecule has 0 spiro atoms. The van der Waals surface area contributed by atoms with Gasteiger partial charge < -0.3 is 9.79 Å². The summed E-state index contributed by atoms with van der Waals surface area (Å²) in [6.07, 6.45) is 4.85. The lowest BCUT2D eigenvalue weighted by Gasteiger charge is -2.32. The van der Waals surface area contributed by atoms with E-state index in [0.29, 0.717) is 19.3 Å². The maximum Gasteiger partial charge on any atom is 0.331 e. The van der Waals surface area contributed by atoms with Crippen LogP contribution >= 0.6 is 30.8 Å². The van der Waals surface area contributed by atoms with Gasteiger partial charge in [-0.15, -0.1) is 23.2 Å². The van der Waals surface area contributed by atoms with Crippen molar-refractivity contribution in [3.63, 3.8) is 0 Å². The van der Waals surface area contributed by atoms with Crippen molar-refractivity contribution in [3.8, 4) is 0 Å². The summed E-state index contributed by atoms with van der Waals surface area (Å²) >= 11 is 9.53. The second kappa shape index (κ2) is 10.6. The summed E-state index contributed by atoms with van der Waals surface area (Å²) in [4.78, 5) is 18.7. The van der Waals surface area contributed by atoms with Gasteiger partial charge in [0.1, 0.15) is 0 Å². The van der Waals surface area contributed by atoms with E-state index in [0.717, 1.165) is 19.3 Å². The lowest BCUT2D eigenvalue weighted by atomic mass is 9.95. The lowest BCUT2D eigenvalue weighted by Crippen LogP contribution is -2.27. The maximum atomic E-state index is 11.4. The molecule has 0 atom stereocenters. The quantitative estimate of drug-likeness (QED) is 0.406. The van der Waals surface area contributed by atoms with E-state index in [1.54, 1.807) is 0 Å². The van der Waals surface area contributed by atoms with Crippen LogP contribution in [-0.2, 0) is 4.57 Å². The van der Waals surface area contributed by atoms with Gasteiger partial charge in [-0.25, -0.2) is 0 Å². The molecule has 106 valence electrons. The number of hydrogen-bond acceptors (Lipinski definition) is 1. The van der Waals surface area contributed by atoms with Crippen molar-refractivity contribution in [2.24, 2.45) is 0 Å². The average Bonchev–Trinajstić information content (AvgIpc) is 2.24. The summed E-state index contributed by atoms with van der Waals surface area (Å²) in [7, 11) is -3.95. The van der Waals surface area contributed by atoms with E-state index in [2.05, 4.69) is 6.92 Å². The van der Waals surface area contributed by atoms with Crippen molar-refractivity contribution in [2.75, 3.05) is 5.34 Å². The van der Waals surface area contributed by atoms with Crippen LogP contribution in [0.1, 0.15) is 59.3 Å². The zero-order valence-electron chi connectivity index (χ0n) is 11.0. The summed E-state index contributed by atoms with van der Waals surface area (Å²) in [6, 6.07) is 0. The minimum atomic E-state index is -3.95. The van der Waals surface area contributed by atoms with Crippen LogP contribution in [0.4, 0.5) is 0 Å². The van der Waals surface area contributed by atoms with Gasteiger partial charge in [0.05, 0.1) is 10.5 Å². The first-order valence-corrected chi connectivity index (χ1v) is 8.70. The fourth-order valence-electron chi connectivity index (χ4n) is 1.87. The van der Waals surface area contributed by atoms with E-state index >= 15 is 0 Å². The molecule has 0 aliphatic carbocycles. The Morgan fingerprint density at radius 3 is 1.71 bits per heavy atom. The van der Waals surface area contributed by atoms with Gasteiger partial charge in [0.25, 0.3) is 0 Å². The molecule has 3 nitrogen and oxygen atoms in total. The second-order valence-electron chi connectivity index (χ2n) is 4.03. The van der Waals surface area contributed by atoms with E-state index in [9.17, 15) is 14.4 Å². The minimum absolute atomic E-state index is 0.194. The van der Waals surface area contributed by atoms with Gasteiger partial charge in [-0.2, -0.15) is 0 Å². The summed E-state index contributed by atoms with van der Waals surface area (Å²) in [5.41, 5.74) is 0. The van der Waals surface area contributed by atoms with E-state index in [4.69, 9.17) is 23.2 Å². The molecule has 0 fully saturated rings. The molecule has 0 unspecified atom stereocenters. The summed E-state index contributed by atoms with van der Waals surface area (Å²) in [5, 5.41) is -0.567. The highest BCUT2D eigenvalue weighted by Crippen LogP contribution is 2.56. The van der Waals surface area contributed by atoms with E-state index in [-0.39, 0.29) is 5.34 Å². The van der Waals surface area contributed by atoms with Crippen LogP contribution in [0.25, 0.3) is 0 Å². The van der Waals surface area contributed by atoms with Gasteiger partial charge in [-0.3, -0.25) is 4.57 Å². The van der Waals surface area contributed by atoms with Crippen LogP contribution in [0, 0.1) is 0 Å². The zero-order chi connectivity index (χ0) is 13.9. The Morgan fingerprint density at radius 1 is 1.06 bits per heavy atom. The van der Waals surface area contributed by atoms with Gasteiger partial charge in [-0.05, 0) is 19.3 Å². The molecule has 0 rings (SSSR count). The third-order valence-electron chi connectivity index (χ3n) is 3.18. The molecule has 6 heteroatoms. The first-order chi connectivity index (χ1) is 7.85. The highest BCUT2D eigenvalue weighted by atomic mass is 35.5. The number of halogens is 2. The molecule has 0 saturated heterocycles. The zero-order valence-corrected chi connectivity index (χ0v) is 13.4. The molecule has 0 aliphatic rings. The predicted octanol–water partition coefficient (Wildman–Crippen LogP) is 4.72. The Kier molecular flexibility index (Phi) is 12.5. The Labute approximate surface area is 115 Å². The number of rotatable bonds is 7. The van der Waals surface area contributed by atoms with Crippen molar-refractivity contribution >= 4 is 30.8 Å². The maximum absolute atomic E-state index is 11.4. The standard InChI is InChI=1S/C10H23O3P.CH2Cl2/c1-4-7-8-9-10(5-2,6-3)14(11,12)13;2-1-3/h4-9H2,1-3H3,(H2,11,12,13);1H2. The number of hydrogen-bond donors (Lipinski definition) is 2. The van der Waals surface area contributed by atoms with Crippen molar-refractivity contribution < 1.29 is 14.4 Å². The molecule has 0 amide bonds. The molecule has 0 radical (unpaired) electrons. The minimum Gasteiger partial charge on any atom is -0.324 e. The highest BCUT2D eigenvalue weighted by Gasteiger charge is 2.42. The third-order valence-corrected chi connectivity index (χ3v) is 5.27. The Bertz CT molecular complexity index is 215. The van der Waals surface area contributed by atoms with Crippen LogP contribution in [0.5, 0.6) is 0 Å². The average molecular weight is 307 g/mol. The topological polar surface area (TPSA) is 57.5 Å². The highest BCUT2D eigenvalue weighted by molar-refractivity contribution is 7.53. The molecule has 0 bridgehead atoms. The van der Waals surface area contributed by atoms with Gasteiger partial charge >= 0.3 is 7.60 Å². The molecule has 17 heavy (non-hydrogen) atoms. The molecule has 0 heterocycles. The van der Waals surface area contributed by atoms with Crippen LogP contribution < -0.4 is 0 Å². The van der Waals surface area contributed by atoms with Gasteiger partial charge in [0.2, 0.25) is 0 Å². The molecule has 0 aromatic rings. The van der Waals surface area contributed by atoms with E-state index in [1.807, 2.05) is 13.8 Å². The third kappa shape index (κ3) is 7.69. The van der Waals surface area contributed by atoms with Gasteiger partial charge in [0.15, 0.2) is 0 Å². The van der Waals surface area contributed by atoms with Crippen molar-refractivity contribution in [3.05, 3.63) is 0 Å². The molecule has 0 aromatic carbocycles. The summed E-state index contributed by atoms with van der Waals surface area (Å²) in [5.74, 6) is 0. The summed E-state index contributed by atoms with van der Waals surface area (Å²) < 4.78 is 11.4. The van der Waals surface area contributed by atoms with Gasteiger partial charge in [-0.1, -0.05) is 40.0 Å². The molecule has 0 aliphatic heterocycles. The Balaban J connectivity index is 0. The van der Waals surface area contributed by atoms with Crippen LogP contribution in [0.2, 0.25) is 0 Å². The molecule has 0 aromatic heterocycles. The molecular formula is C11H25Cl2O3P. The molecule has 0 saturated carbocycles. The Hall–Kier alpha value is 0.730. The van der Waals surface area contributed by atoms with Crippen LogP contribution in [0.3, 0.4) is 0 Å². The van der Waals surface area contributed by atoms with Crippen molar-refractivity contribution in [2.45, 2.75) is 64.5 Å². The summed E-state index contributed by atoms with van der Waals surface area (Å²) in [6.45, 7) is 5.83. The molecular weight excluding hydrogens is 282 g/mol. The second-order valence-corrected chi connectivity index (χ2v) is 6.88. The first kappa shape index (κ1) is 20.1. The molecule has 2 N–H and O–H groups in total. The van der Waals surface area contributed by atoms with Crippen molar-refractivity contribution in [1.82, 2.24) is 0 Å². The number of unbranched alkanes of at least 4 members (excludes halogenated alkanes) is 2. The van der Waals surface area contributed by atoms with Crippen molar-refractivity contribution in [1.29, 1.82) is 0 Å². The van der Waals surface area contributed by atoms with Gasteiger partial charge in [0, 0.05) is 0 Å². The van der Waals surface area contributed by atoms with E-state index < -0.39 is 12.8 Å². The smallest absolute Gasteiger partial charge is 0.324 e. The fraction of sp³-hybridized carbons (Fsp3) is 1.00. The normalized spacial score (nSPS) is 11.9. The monoisotopic (exact) mass is 306 g/mol. The number of alkyl halides is 2. The van der Waals surface area contributed by atoms with Crippen LogP contribution in [-0.4, -0.2) is 20.3 Å². The van der Waals surface area contributed by atoms with E-state index in [1.165, 1.54) is 0 Å². The SMILES string of the molecule is CCCCCC(CC)(CC)P(=O)(O)O.ClCCl. The fourth-order valence-corrected chi connectivity index (χ4v) is 3.14. The predicted molar refractivity (Wildman–Crippen MR) is 76.1 cm³/mol. The lowest BCUT2D eigenvalue weighted by molar-refractivity contribution is 0.300. The van der Waals surface area contributed by atoms with Crippen LogP contribution in [0.15, 0.2) is 0 Å². The largest absolute Gasteiger partial charge is 0.331 e. The first-order valence-electron chi connectivity index (χ1n) is 6.02. The Morgan fingerprint density at radius 2 is 1.47 bits per heavy atom.